The molecular weight excluding hydrogens is 368 g/mol. The number of hydrogen-bond acceptors (Lipinski definition) is 4. The third-order valence-corrected chi connectivity index (χ3v) is 4.16. The van der Waals surface area contributed by atoms with E-state index in [0.717, 1.165) is 5.75 Å². The fourth-order valence-electron chi connectivity index (χ4n) is 2.27. The van der Waals surface area contributed by atoms with E-state index in [1.54, 1.807) is 43.3 Å². The van der Waals surface area contributed by atoms with Crippen molar-refractivity contribution in [3.63, 3.8) is 0 Å². The highest BCUT2D eigenvalue weighted by atomic mass is 35.5. The molecule has 0 spiro atoms. The Morgan fingerprint density at radius 1 is 1.04 bits per heavy atom. The summed E-state index contributed by atoms with van der Waals surface area (Å²) < 4.78 is 10.7. The van der Waals surface area contributed by atoms with Crippen LogP contribution in [0.5, 0.6) is 11.5 Å². The minimum atomic E-state index is -0.232. The summed E-state index contributed by atoms with van der Waals surface area (Å²) in [7, 11) is 3.31. The summed E-state index contributed by atoms with van der Waals surface area (Å²) in [6, 6.07) is 13.8. The standard InChI is InChI=1S/C20H23ClN2O4/c1-23(13-14-27-18-9-7-17(26-2)8-10-18)19(24)11-12-22-20(25)15-3-5-16(21)6-4-15/h3-10H,11-14H2,1-2H3,(H,22,25). The van der Waals surface area contributed by atoms with Gasteiger partial charge >= 0.3 is 0 Å². The molecule has 6 nitrogen and oxygen atoms in total. The summed E-state index contributed by atoms with van der Waals surface area (Å²) in [5.41, 5.74) is 0.507. The van der Waals surface area contributed by atoms with Crippen molar-refractivity contribution in [2.75, 3.05) is 33.9 Å². The average Bonchev–Trinajstić information content (AvgIpc) is 2.68. The fraction of sp³-hybridized carbons (Fsp3) is 0.300. The Bertz CT molecular complexity index is 748. The minimum Gasteiger partial charge on any atom is -0.497 e. The summed E-state index contributed by atoms with van der Waals surface area (Å²) in [4.78, 5) is 25.7. The van der Waals surface area contributed by atoms with Crippen molar-refractivity contribution in [1.82, 2.24) is 10.2 Å². The zero-order valence-corrected chi connectivity index (χ0v) is 16.2. The van der Waals surface area contributed by atoms with Crippen molar-refractivity contribution in [3.8, 4) is 11.5 Å². The van der Waals surface area contributed by atoms with Gasteiger partial charge in [-0.05, 0) is 48.5 Å². The Balaban J connectivity index is 1.65. The van der Waals surface area contributed by atoms with Gasteiger partial charge in [0.25, 0.3) is 5.91 Å². The molecule has 144 valence electrons. The van der Waals surface area contributed by atoms with Gasteiger partial charge in [0.1, 0.15) is 18.1 Å². The maximum absolute atomic E-state index is 12.1. The Kier molecular flexibility index (Phi) is 7.95. The van der Waals surface area contributed by atoms with Gasteiger partial charge < -0.3 is 19.7 Å². The first-order valence-electron chi connectivity index (χ1n) is 8.54. The van der Waals surface area contributed by atoms with Crippen LogP contribution in [0.25, 0.3) is 0 Å². The zero-order chi connectivity index (χ0) is 19.6. The SMILES string of the molecule is COc1ccc(OCCN(C)C(=O)CCNC(=O)c2ccc(Cl)cc2)cc1. The second-order valence-corrected chi connectivity index (χ2v) is 6.29. The van der Waals surface area contributed by atoms with Crippen LogP contribution in [-0.2, 0) is 4.79 Å². The lowest BCUT2D eigenvalue weighted by Crippen LogP contribution is -2.34. The Hall–Kier alpha value is -2.73. The van der Waals surface area contributed by atoms with Crippen molar-refractivity contribution in [2.45, 2.75) is 6.42 Å². The van der Waals surface area contributed by atoms with Gasteiger partial charge in [-0.25, -0.2) is 0 Å². The van der Waals surface area contributed by atoms with Crippen LogP contribution in [0.2, 0.25) is 5.02 Å². The lowest BCUT2D eigenvalue weighted by atomic mass is 10.2. The normalized spacial score (nSPS) is 10.2. The first-order chi connectivity index (χ1) is 13.0. The highest BCUT2D eigenvalue weighted by Gasteiger charge is 2.10. The van der Waals surface area contributed by atoms with Crippen LogP contribution < -0.4 is 14.8 Å². The molecule has 0 aliphatic carbocycles. The van der Waals surface area contributed by atoms with Crippen LogP contribution in [0.1, 0.15) is 16.8 Å². The highest BCUT2D eigenvalue weighted by molar-refractivity contribution is 6.30. The van der Waals surface area contributed by atoms with Crippen molar-refractivity contribution in [3.05, 3.63) is 59.1 Å². The number of benzene rings is 2. The molecule has 0 atom stereocenters. The first-order valence-corrected chi connectivity index (χ1v) is 8.92. The maximum atomic E-state index is 12.1. The van der Waals surface area contributed by atoms with Gasteiger partial charge in [-0.15, -0.1) is 0 Å². The van der Waals surface area contributed by atoms with Crippen molar-refractivity contribution in [2.24, 2.45) is 0 Å². The minimum absolute atomic E-state index is 0.0651. The molecule has 27 heavy (non-hydrogen) atoms. The summed E-state index contributed by atoms with van der Waals surface area (Å²) in [5.74, 6) is 1.18. The van der Waals surface area contributed by atoms with Gasteiger partial charge in [0, 0.05) is 30.6 Å². The predicted molar refractivity (Wildman–Crippen MR) is 105 cm³/mol. The third kappa shape index (κ3) is 6.83. The van der Waals surface area contributed by atoms with Crippen molar-refractivity contribution >= 4 is 23.4 Å². The fourth-order valence-corrected chi connectivity index (χ4v) is 2.40. The Labute approximate surface area is 164 Å². The van der Waals surface area contributed by atoms with E-state index in [1.165, 1.54) is 0 Å². The van der Waals surface area contributed by atoms with Gasteiger partial charge in [-0.2, -0.15) is 0 Å². The second kappa shape index (κ2) is 10.4. The highest BCUT2D eigenvalue weighted by Crippen LogP contribution is 2.16. The molecular formula is C20H23ClN2O4. The Morgan fingerprint density at radius 3 is 2.30 bits per heavy atom. The molecule has 2 rings (SSSR count). The van der Waals surface area contributed by atoms with E-state index >= 15 is 0 Å². The third-order valence-electron chi connectivity index (χ3n) is 3.91. The molecule has 0 unspecified atom stereocenters. The van der Waals surface area contributed by atoms with E-state index in [1.807, 2.05) is 24.3 Å². The number of likely N-dealkylation sites (N-methyl/N-ethyl adjacent to an activating group) is 1. The number of rotatable bonds is 9. The van der Waals surface area contributed by atoms with Crippen LogP contribution in [0.3, 0.4) is 0 Å². The number of carbonyl (C=O) groups excluding carboxylic acids is 2. The number of methoxy groups -OCH3 is 1. The van der Waals surface area contributed by atoms with Crippen molar-refractivity contribution < 1.29 is 19.1 Å². The van der Waals surface area contributed by atoms with E-state index < -0.39 is 0 Å². The molecule has 0 saturated heterocycles. The van der Waals surface area contributed by atoms with E-state index in [9.17, 15) is 9.59 Å². The molecule has 0 aliphatic rings. The van der Waals surface area contributed by atoms with E-state index in [4.69, 9.17) is 21.1 Å². The van der Waals surface area contributed by atoms with E-state index in [0.29, 0.717) is 29.5 Å². The maximum Gasteiger partial charge on any atom is 0.251 e. The number of carbonyl (C=O) groups is 2. The number of hydrogen-bond donors (Lipinski definition) is 1. The first kappa shape index (κ1) is 20.6. The van der Waals surface area contributed by atoms with Crippen LogP contribution in [0.4, 0.5) is 0 Å². The lowest BCUT2D eigenvalue weighted by Gasteiger charge is -2.17. The molecule has 0 bridgehead atoms. The molecule has 7 heteroatoms. The van der Waals surface area contributed by atoms with Gasteiger partial charge in [0.2, 0.25) is 5.91 Å². The zero-order valence-electron chi connectivity index (χ0n) is 15.4. The van der Waals surface area contributed by atoms with Gasteiger partial charge in [0.15, 0.2) is 0 Å². The number of nitrogens with zero attached hydrogens (tertiary/aromatic N) is 1. The van der Waals surface area contributed by atoms with Gasteiger partial charge in [0.05, 0.1) is 13.7 Å². The van der Waals surface area contributed by atoms with Crippen LogP contribution in [-0.4, -0.2) is 50.6 Å². The van der Waals surface area contributed by atoms with E-state index in [-0.39, 0.29) is 24.8 Å². The molecule has 2 aromatic carbocycles. The number of amides is 2. The van der Waals surface area contributed by atoms with Crippen LogP contribution in [0, 0.1) is 0 Å². The predicted octanol–water partition coefficient (Wildman–Crippen LogP) is 3.01. The second-order valence-electron chi connectivity index (χ2n) is 5.85. The average molecular weight is 391 g/mol. The molecule has 0 aliphatic heterocycles. The monoisotopic (exact) mass is 390 g/mol. The smallest absolute Gasteiger partial charge is 0.251 e. The van der Waals surface area contributed by atoms with E-state index in [2.05, 4.69) is 5.32 Å². The molecule has 2 aromatic rings. The summed E-state index contributed by atoms with van der Waals surface area (Å²) >= 11 is 5.79. The molecule has 0 aromatic heterocycles. The summed E-state index contributed by atoms with van der Waals surface area (Å²) in [6.45, 7) is 1.10. The van der Waals surface area contributed by atoms with Crippen LogP contribution >= 0.6 is 11.6 Å². The van der Waals surface area contributed by atoms with Gasteiger partial charge in [-0.3, -0.25) is 9.59 Å². The molecule has 0 radical (unpaired) electrons. The molecule has 0 fully saturated rings. The number of ether oxygens (including phenoxy) is 2. The Morgan fingerprint density at radius 2 is 1.67 bits per heavy atom. The summed E-state index contributed by atoms with van der Waals surface area (Å²) in [6.07, 6.45) is 0.221. The molecule has 0 saturated carbocycles. The quantitative estimate of drug-likeness (QED) is 0.714. The number of halogens is 1. The molecule has 2 amide bonds. The van der Waals surface area contributed by atoms with Crippen molar-refractivity contribution in [1.29, 1.82) is 0 Å². The topological polar surface area (TPSA) is 67.9 Å². The lowest BCUT2D eigenvalue weighted by molar-refractivity contribution is -0.130. The largest absolute Gasteiger partial charge is 0.497 e. The van der Waals surface area contributed by atoms with Crippen LogP contribution in [0.15, 0.2) is 48.5 Å². The molecule has 0 heterocycles. The summed E-state index contributed by atoms with van der Waals surface area (Å²) in [5, 5.41) is 3.29. The van der Waals surface area contributed by atoms with Gasteiger partial charge in [-0.1, -0.05) is 11.6 Å². The molecule has 1 N–H and O–H groups in total. The number of nitrogens with one attached hydrogen (secondary N) is 1.